The quantitative estimate of drug-likeness (QED) is 0.616. The van der Waals surface area contributed by atoms with E-state index in [0.29, 0.717) is 28.5 Å². The van der Waals surface area contributed by atoms with E-state index >= 15 is 0 Å². The molecule has 0 N–H and O–H groups in total. The molecule has 22 heavy (non-hydrogen) atoms. The van der Waals surface area contributed by atoms with Gasteiger partial charge in [0.15, 0.2) is 0 Å². The normalized spacial score (nSPS) is 10.5. The summed E-state index contributed by atoms with van der Waals surface area (Å²) in [4.78, 5) is 0. The Morgan fingerprint density at radius 2 is 1.82 bits per heavy atom. The molecule has 0 aromatic heterocycles. The van der Waals surface area contributed by atoms with Gasteiger partial charge in [-0.1, -0.05) is 54.1 Å². The van der Waals surface area contributed by atoms with Gasteiger partial charge in [0, 0.05) is 11.6 Å². The van der Waals surface area contributed by atoms with Crippen molar-refractivity contribution < 1.29 is 9.13 Å². The summed E-state index contributed by atoms with van der Waals surface area (Å²) in [6, 6.07) is 22.7. The Balaban J connectivity index is 1.84. The lowest BCUT2D eigenvalue weighted by atomic mass is 10.0. The summed E-state index contributed by atoms with van der Waals surface area (Å²) < 4.78 is 19.7. The zero-order valence-corrected chi connectivity index (χ0v) is 12.5. The number of halogens is 2. The highest BCUT2D eigenvalue weighted by atomic mass is 35.5. The average Bonchev–Trinajstić information content (AvgIpc) is 2.54. The molecule has 0 unspecified atom stereocenters. The monoisotopic (exact) mass is 311 g/mol. The molecule has 1 nitrogen and oxygen atoms in total. The zero-order valence-electron chi connectivity index (χ0n) is 11.7. The van der Waals surface area contributed by atoms with Crippen molar-refractivity contribution in [2.45, 2.75) is 6.61 Å². The fourth-order valence-corrected chi connectivity index (χ4v) is 2.45. The van der Waals surface area contributed by atoms with E-state index < -0.39 is 5.82 Å². The summed E-state index contributed by atoms with van der Waals surface area (Å²) in [7, 11) is 0. The Kier molecular flexibility index (Phi) is 4.40. The molecule has 0 saturated heterocycles. The minimum atomic E-state index is -0.465. The highest BCUT2D eigenvalue weighted by molar-refractivity contribution is 6.33. The lowest BCUT2D eigenvalue weighted by molar-refractivity contribution is 0.306. The van der Waals surface area contributed by atoms with E-state index in [4.69, 9.17) is 16.3 Å². The van der Waals surface area contributed by atoms with Gasteiger partial charge in [-0.25, -0.2) is 4.39 Å². The molecule has 0 saturated carbocycles. The average molecular weight is 312 g/mol. The van der Waals surface area contributed by atoms with E-state index in [1.165, 1.54) is 6.07 Å². The Hall–Kier alpha value is -2.32. The van der Waals surface area contributed by atoms with Crippen molar-refractivity contribution in [2.75, 3.05) is 0 Å². The summed E-state index contributed by atoms with van der Waals surface area (Å²) in [5.41, 5.74) is 2.09. The molecule has 0 amide bonds. The Labute approximate surface area is 133 Å². The van der Waals surface area contributed by atoms with Crippen molar-refractivity contribution in [1.82, 2.24) is 0 Å². The number of hydrogen-bond acceptors (Lipinski definition) is 1. The van der Waals surface area contributed by atoms with Gasteiger partial charge in [0.2, 0.25) is 0 Å². The van der Waals surface area contributed by atoms with E-state index in [2.05, 4.69) is 6.07 Å². The molecule has 109 valence electrons. The first-order valence-corrected chi connectivity index (χ1v) is 7.25. The molecule has 3 aromatic rings. The number of hydrogen-bond donors (Lipinski definition) is 0. The van der Waals surface area contributed by atoms with Gasteiger partial charge in [-0.05, 0) is 35.4 Å². The number of ether oxygens (including phenoxy) is 1. The second kappa shape index (κ2) is 6.63. The molecule has 3 heteroatoms. The topological polar surface area (TPSA) is 9.23 Å². The molecule has 0 aliphatic heterocycles. The lowest BCUT2D eigenvalue weighted by Crippen LogP contribution is -1.95. The fraction of sp³-hybridized carbons (Fsp3) is 0.0526. The smallest absolute Gasteiger partial charge is 0.140 e. The molecular weight excluding hydrogens is 299 g/mol. The van der Waals surface area contributed by atoms with Gasteiger partial charge in [0.1, 0.15) is 18.2 Å². The third-order valence-electron chi connectivity index (χ3n) is 3.27. The largest absolute Gasteiger partial charge is 0.489 e. The van der Waals surface area contributed by atoms with Crippen molar-refractivity contribution in [3.63, 3.8) is 0 Å². The van der Waals surface area contributed by atoms with Crippen molar-refractivity contribution >= 4 is 11.6 Å². The van der Waals surface area contributed by atoms with E-state index in [0.717, 1.165) is 5.56 Å². The molecule has 0 fully saturated rings. The highest BCUT2D eigenvalue weighted by Crippen LogP contribution is 2.32. The van der Waals surface area contributed by atoms with Gasteiger partial charge >= 0.3 is 0 Å². The van der Waals surface area contributed by atoms with Crippen LogP contribution in [0.2, 0.25) is 5.02 Å². The molecule has 0 spiro atoms. The number of rotatable bonds is 4. The van der Waals surface area contributed by atoms with Crippen LogP contribution in [0, 0.1) is 11.9 Å². The molecule has 0 aliphatic rings. The first-order chi connectivity index (χ1) is 10.7. The summed E-state index contributed by atoms with van der Waals surface area (Å²) in [6.45, 7) is 0.460. The maximum atomic E-state index is 13.9. The van der Waals surface area contributed by atoms with Crippen LogP contribution in [0.3, 0.4) is 0 Å². The van der Waals surface area contributed by atoms with E-state index in [1.54, 1.807) is 18.2 Å². The van der Waals surface area contributed by atoms with Gasteiger partial charge < -0.3 is 4.74 Å². The predicted octanol–water partition coefficient (Wildman–Crippen LogP) is 5.53. The summed E-state index contributed by atoms with van der Waals surface area (Å²) in [5.74, 6) is 0.202. The fourth-order valence-electron chi connectivity index (χ4n) is 2.20. The summed E-state index contributed by atoms with van der Waals surface area (Å²) in [5, 5.41) is 0.358. The summed E-state index contributed by atoms with van der Waals surface area (Å²) >= 11 is 6.09. The summed E-state index contributed by atoms with van der Waals surface area (Å²) in [6.07, 6.45) is 0. The third kappa shape index (κ3) is 3.29. The zero-order chi connectivity index (χ0) is 15.4. The SMILES string of the molecule is Fc1[c]ccc(Cl)c1-c1cccc(OCc2ccccc2)c1. The van der Waals surface area contributed by atoms with Gasteiger partial charge in [-0.3, -0.25) is 0 Å². The molecule has 0 bridgehead atoms. The van der Waals surface area contributed by atoms with Crippen LogP contribution in [0.4, 0.5) is 4.39 Å². The minimum absolute atomic E-state index is 0.342. The van der Waals surface area contributed by atoms with Crippen LogP contribution in [-0.2, 0) is 6.61 Å². The van der Waals surface area contributed by atoms with E-state index in [1.807, 2.05) is 42.5 Å². The maximum Gasteiger partial charge on any atom is 0.140 e. The first-order valence-electron chi connectivity index (χ1n) is 6.87. The lowest BCUT2D eigenvalue weighted by Gasteiger charge is -2.10. The van der Waals surface area contributed by atoms with E-state index in [-0.39, 0.29) is 0 Å². The van der Waals surface area contributed by atoms with Crippen LogP contribution in [0.1, 0.15) is 5.56 Å². The highest BCUT2D eigenvalue weighted by Gasteiger charge is 2.10. The van der Waals surface area contributed by atoms with E-state index in [9.17, 15) is 4.39 Å². The maximum absolute atomic E-state index is 13.9. The van der Waals surface area contributed by atoms with Gasteiger partial charge in [-0.15, -0.1) is 0 Å². The van der Waals surface area contributed by atoms with Crippen LogP contribution in [-0.4, -0.2) is 0 Å². The van der Waals surface area contributed by atoms with Crippen molar-refractivity contribution in [3.05, 3.63) is 89.2 Å². The van der Waals surface area contributed by atoms with Gasteiger partial charge in [0.05, 0.1) is 5.02 Å². The predicted molar refractivity (Wildman–Crippen MR) is 86.5 cm³/mol. The van der Waals surface area contributed by atoms with Crippen LogP contribution < -0.4 is 4.74 Å². The molecule has 0 heterocycles. The molecular formula is C19H13ClFO. The van der Waals surface area contributed by atoms with Crippen molar-refractivity contribution in [3.8, 4) is 16.9 Å². The third-order valence-corrected chi connectivity index (χ3v) is 3.58. The molecule has 3 rings (SSSR count). The van der Waals surface area contributed by atoms with Gasteiger partial charge in [0.25, 0.3) is 0 Å². The van der Waals surface area contributed by atoms with Crippen LogP contribution in [0.15, 0.2) is 66.7 Å². The van der Waals surface area contributed by atoms with Crippen LogP contribution in [0.25, 0.3) is 11.1 Å². The Morgan fingerprint density at radius 3 is 2.59 bits per heavy atom. The Bertz CT molecular complexity index is 751. The molecule has 0 atom stereocenters. The molecule has 0 aliphatic carbocycles. The second-order valence-electron chi connectivity index (χ2n) is 4.82. The van der Waals surface area contributed by atoms with Crippen LogP contribution in [0.5, 0.6) is 5.75 Å². The van der Waals surface area contributed by atoms with Crippen LogP contribution >= 0.6 is 11.6 Å². The first kappa shape index (κ1) is 14.6. The second-order valence-corrected chi connectivity index (χ2v) is 5.22. The standard InChI is InChI=1S/C19H13ClFO/c20-17-10-5-11-18(21)19(17)15-8-4-9-16(12-15)22-13-14-6-2-1-3-7-14/h1-10,12H,13H2. The van der Waals surface area contributed by atoms with Crippen molar-refractivity contribution in [2.24, 2.45) is 0 Å². The Morgan fingerprint density at radius 1 is 1.00 bits per heavy atom. The molecule has 1 radical (unpaired) electrons. The molecule has 3 aromatic carbocycles. The number of benzene rings is 3. The van der Waals surface area contributed by atoms with Crippen molar-refractivity contribution in [1.29, 1.82) is 0 Å². The van der Waals surface area contributed by atoms with Gasteiger partial charge in [-0.2, -0.15) is 0 Å². The minimum Gasteiger partial charge on any atom is -0.489 e.